The Bertz CT molecular complexity index is 819. The lowest BCUT2D eigenvalue weighted by atomic mass is 10.0. The Morgan fingerprint density at radius 2 is 2.07 bits per heavy atom. The Balaban J connectivity index is 1.56. The van der Waals surface area contributed by atoms with E-state index in [0.29, 0.717) is 50.3 Å². The summed E-state index contributed by atoms with van der Waals surface area (Å²) in [7, 11) is 0. The lowest BCUT2D eigenvalue weighted by molar-refractivity contribution is -0.145. The van der Waals surface area contributed by atoms with Gasteiger partial charge in [-0.1, -0.05) is 18.2 Å². The second kappa shape index (κ2) is 7.67. The van der Waals surface area contributed by atoms with E-state index in [1.165, 1.54) is 12.1 Å². The Kier molecular flexibility index (Phi) is 5.50. The molecule has 0 aliphatic carbocycles. The summed E-state index contributed by atoms with van der Waals surface area (Å²) in [6.07, 6.45) is -2.46. The molecule has 0 saturated carbocycles. The van der Waals surface area contributed by atoms with Gasteiger partial charge in [-0.2, -0.15) is 13.2 Å². The number of rotatable bonds is 6. The predicted molar refractivity (Wildman–Crippen MR) is 91.0 cm³/mol. The summed E-state index contributed by atoms with van der Waals surface area (Å²) >= 11 is 0. The number of halogens is 3. The van der Waals surface area contributed by atoms with Crippen molar-refractivity contribution in [3.8, 4) is 0 Å². The lowest BCUT2D eigenvalue weighted by Crippen LogP contribution is -2.48. The molecule has 0 saturated heterocycles. The molecule has 1 aliphatic rings. The van der Waals surface area contributed by atoms with Gasteiger partial charge in [0.05, 0.1) is 18.7 Å². The van der Waals surface area contributed by atoms with Gasteiger partial charge >= 0.3 is 12.1 Å². The standard InChI is InChI=1S/C18H21F3N4O2/c1-12-22-23-16-11-24(15(17(26)27)10-25(12)16)8-3-2-5-13-6-4-7-14(9-13)18(19,20)21/h4,6-7,9,15H,2-3,5,8,10-11H2,1H3,(H,26,27). The first kappa shape index (κ1) is 19.3. The van der Waals surface area contributed by atoms with E-state index in [1.54, 1.807) is 13.0 Å². The maximum atomic E-state index is 12.8. The van der Waals surface area contributed by atoms with E-state index in [9.17, 15) is 23.1 Å². The van der Waals surface area contributed by atoms with Gasteiger partial charge in [0, 0.05) is 0 Å². The molecule has 9 heteroatoms. The average Bonchev–Trinajstić information content (AvgIpc) is 2.97. The van der Waals surface area contributed by atoms with Crippen molar-refractivity contribution >= 4 is 5.97 Å². The molecular formula is C18H21F3N4O2. The molecule has 1 N–H and O–H groups in total. The van der Waals surface area contributed by atoms with Gasteiger partial charge in [-0.05, 0) is 44.4 Å². The third kappa shape index (κ3) is 4.47. The number of hydrogen-bond acceptors (Lipinski definition) is 4. The number of carboxylic acids is 1. The van der Waals surface area contributed by atoms with Gasteiger partial charge in [0.1, 0.15) is 17.7 Å². The number of unbranched alkanes of at least 4 members (excludes halogenated alkanes) is 1. The first-order chi connectivity index (χ1) is 12.8. The Hall–Kier alpha value is -2.42. The summed E-state index contributed by atoms with van der Waals surface area (Å²) in [4.78, 5) is 13.4. The van der Waals surface area contributed by atoms with Crippen LogP contribution in [0.3, 0.4) is 0 Å². The molecule has 0 radical (unpaired) electrons. The molecule has 146 valence electrons. The van der Waals surface area contributed by atoms with Crippen LogP contribution in [0.15, 0.2) is 24.3 Å². The second-order valence-electron chi connectivity index (χ2n) is 6.75. The van der Waals surface area contributed by atoms with Gasteiger partial charge in [-0.3, -0.25) is 9.69 Å². The maximum Gasteiger partial charge on any atom is 0.416 e. The number of fused-ring (bicyclic) bond motifs is 1. The fraction of sp³-hybridized carbons (Fsp3) is 0.500. The van der Waals surface area contributed by atoms with E-state index in [1.807, 2.05) is 9.47 Å². The van der Waals surface area contributed by atoms with Crippen molar-refractivity contribution in [3.63, 3.8) is 0 Å². The highest BCUT2D eigenvalue weighted by molar-refractivity contribution is 5.73. The number of carbonyl (C=O) groups is 1. The van der Waals surface area contributed by atoms with Crippen LogP contribution >= 0.6 is 0 Å². The van der Waals surface area contributed by atoms with Gasteiger partial charge in [0.15, 0.2) is 0 Å². The number of aromatic nitrogens is 3. The van der Waals surface area contributed by atoms with Gasteiger partial charge in [-0.25, -0.2) is 0 Å². The smallest absolute Gasteiger partial charge is 0.416 e. The average molecular weight is 382 g/mol. The van der Waals surface area contributed by atoms with Gasteiger partial charge in [-0.15, -0.1) is 10.2 Å². The molecular weight excluding hydrogens is 361 g/mol. The molecule has 0 fully saturated rings. The zero-order valence-electron chi connectivity index (χ0n) is 14.9. The maximum absolute atomic E-state index is 12.8. The van der Waals surface area contributed by atoms with E-state index in [4.69, 9.17) is 0 Å². The molecule has 1 atom stereocenters. The minimum atomic E-state index is -4.34. The highest BCUT2D eigenvalue weighted by atomic mass is 19.4. The molecule has 3 rings (SSSR count). The third-order valence-electron chi connectivity index (χ3n) is 4.85. The van der Waals surface area contributed by atoms with Crippen LogP contribution in [-0.2, 0) is 30.5 Å². The van der Waals surface area contributed by atoms with Gasteiger partial charge in [0.2, 0.25) is 0 Å². The molecule has 2 heterocycles. The number of hydrogen-bond donors (Lipinski definition) is 1. The Morgan fingerprint density at radius 1 is 1.30 bits per heavy atom. The molecule has 0 bridgehead atoms. The van der Waals surface area contributed by atoms with E-state index in [0.717, 1.165) is 11.9 Å². The topological polar surface area (TPSA) is 71.2 Å². The van der Waals surface area contributed by atoms with Crippen LogP contribution < -0.4 is 0 Å². The summed E-state index contributed by atoms with van der Waals surface area (Å²) in [5.41, 5.74) is -0.00898. The van der Waals surface area contributed by atoms with Crippen LogP contribution in [0.2, 0.25) is 0 Å². The highest BCUT2D eigenvalue weighted by Gasteiger charge is 2.33. The lowest BCUT2D eigenvalue weighted by Gasteiger charge is -2.33. The van der Waals surface area contributed by atoms with Crippen molar-refractivity contribution in [1.29, 1.82) is 0 Å². The van der Waals surface area contributed by atoms with E-state index in [-0.39, 0.29) is 0 Å². The molecule has 6 nitrogen and oxygen atoms in total. The van der Waals surface area contributed by atoms with E-state index >= 15 is 0 Å². The molecule has 1 unspecified atom stereocenters. The van der Waals surface area contributed by atoms with Gasteiger partial charge < -0.3 is 9.67 Å². The zero-order valence-corrected chi connectivity index (χ0v) is 14.9. The normalized spacial score (nSPS) is 17.7. The summed E-state index contributed by atoms with van der Waals surface area (Å²) in [6, 6.07) is 4.68. The van der Waals surface area contributed by atoms with Crippen LogP contribution in [-0.4, -0.2) is 43.3 Å². The minimum Gasteiger partial charge on any atom is -0.480 e. The van der Waals surface area contributed by atoms with Crippen LogP contribution in [0.1, 0.15) is 35.6 Å². The number of aryl methyl sites for hydroxylation is 2. The molecule has 0 amide bonds. The summed E-state index contributed by atoms with van der Waals surface area (Å²) in [6.45, 7) is 3.04. The van der Waals surface area contributed by atoms with E-state index < -0.39 is 23.8 Å². The molecule has 1 aliphatic heterocycles. The number of carboxylic acid groups (broad SMARTS) is 1. The SMILES string of the molecule is Cc1nnc2n1CC(C(=O)O)N(CCCCc1cccc(C(F)(F)F)c1)C2. The molecule has 1 aromatic heterocycles. The molecule has 2 aromatic rings. The predicted octanol–water partition coefficient (Wildman–Crippen LogP) is 2.90. The fourth-order valence-corrected chi connectivity index (χ4v) is 3.38. The number of benzene rings is 1. The van der Waals surface area contributed by atoms with Gasteiger partial charge in [0.25, 0.3) is 0 Å². The number of nitrogens with zero attached hydrogens (tertiary/aromatic N) is 4. The van der Waals surface area contributed by atoms with Crippen molar-refractivity contribution < 1.29 is 23.1 Å². The van der Waals surface area contributed by atoms with Crippen molar-refractivity contribution in [2.24, 2.45) is 0 Å². The zero-order chi connectivity index (χ0) is 19.6. The van der Waals surface area contributed by atoms with Crippen LogP contribution in [0, 0.1) is 6.92 Å². The summed E-state index contributed by atoms with van der Waals surface area (Å²) in [5.74, 6) is 0.537. The molecule has 27 heavy (non-hydrogen) atoms. The largest absolute Gasteiger partial charge is 0.480 e. The van der Waals surface area contributed by atoms with Crippen LogP contribution in [0.4, 0.5) is 13.2 Å². The van der Waals surface area contributed by atoms with Crippen molar-refractivity contribution in [1.82, 2.24) is 19.7 Å². The van der Waals surface area contributed by atoms with Crippen LogP contribution in [0.5, 0.6) is 0 Å². The summed E-state index contributed by atoms with van der Waals surface area (Å²) < 4.78 is 40.1. The quantitative estimate of drug-likeness (QED) is 0.778. The Morgan fingerprint density at radius 3 is 2.78 bits per heavy atom. The Labute approximate surface area is 154 Å². The minimum absolute atomic E-state index is 0.303. The third-order valence-corrected chi connectivity index (χ3v) is 4.85. The van der Waals surface area contributed by atoms with Crippen molar-refractivity contribution in [2.45, 2.75) is 51.5 Å². The van der Waals surface area contributed by atoms with Crippen molar-refractivity contribution in [3.05, 3.63) is 47.0 Å². The number of alkyl halides is 3. The first-order valence-electron chi connectivity index (χ1n) is 8.77. The molecule has 0 spiro atoms. The van der Waals surface area contributed by atoms with Crippen LogP contribution in [0.25, 0.3) is 0 Å². The monoisotopic (exact) mass is 382 g/mol. The molecule has 1 aromatic carbocycles. The van der Waals surface area contributed by atoms with E-state index in [2.05, 4.69) is 10.2 Å². The van der Waals surface area contributed by atoms with Crippen molar-refractivity contribution in [2.75, 3.05) is 6.54 Å². The second-order valence-corrected chi connectivity index (χ2v) is 6.75. The first-order valence-corrected chi connectivity index (χ1v) is 8.77. The number of aliphatic carboxylic acids is 1. The fourth-order valence-electron chi connectivity index (χ4n) is 3.38. The summed E-state index contributed by atoms with van der Waals surface area (Å²) in [5, 5.41) is 17.6. The highest BCUT2D eigenvalue weighted by Crippen LogP contribution is 2.29.